The molecule has 0 atom stereocenters. The minimum atomic E-state index is 0. The third-order valence-electron chi connectivity index (χ3n) is 3.09. The molecule has 1 fully saturated rings. The molecule has 96 valence electrons. The average molecular weight is 256 g/mol. The molecule has 17 heavy (non-hydrogen) atoms. The van der Waals surface area contributed by atoms with Gasteiger partial charge in [0.05, 0.1) is 6.10 Å². The Bertz CT molecular complexity index is 286. The zero-order chi connectivity index (χ0) is 11.1. The SMILES string of the molecule is Cl.c1ccc(CCCOC2CCNCC2)cc1. The molecule has 0 radical (unpaired) electrons. The van der Waals surface area contributed by atoms with E-state index in [-0.39, 0.29) is 12.4 Å². The first-order valence-electron chi connectivity index (χ1n) is 6.31. The van der Waals surface area contributed by atoms with E-state index >= 15 is 0 Å². The monoisotopic (exact) mass is 255 g/mol. The molecule has 1 saturated heterocycles. The summed E-state index contributed by atoms with van der Waals surface area (Å²) in [6, 6.07) is 10.6. The number of halogens is 1. The number of hydrogen-bond acceptors (Lipinski definition) is 2. The van der Waals surface area contributed by atoms with E-state index in [2.05, 4.69) is 35.6 Å². The van der Waals surface area contributed by atoms with Gasteiger partial charge < -0.3 is 10.1 Å². The van der Waals surface area contributed by atoms with E-state index in [0.29, 0.717) is 6.10 Å². The molecule has 1 aromatic rings. The standard InChI is InChI=1S/C14H21NO.ClH/c1-2-5-13(6-3-1)7-4-12-16-14-8-10-15-11-9-14;/h1-3,5-6,14-15H,4,7-12H2;1H. The van der Waals surface area contributed by atoms with Crippen LogP contribution in [0.4, 0.5) is 0 Å². The Labute approximate surface area is 110 Å². The molecular formula is C14H22ClNO. The third-order valence-corrected chi connectivity index (χ3v) is 3.09. The maximum atomic E-state index is 5.86. The second-order valence-electron chi connectivity index (χ2n) is 4.41. The van der Waals surface area contributed by atoms with Gasteiger partial charge in [0, 0.05) is 6.61 Å². The van der Waals surface area contributed by atoms with Crippen LogP contribution in [0.25, 0.3) is 0 Å². The summed E-state index contributed by atoms with van der Waals surface area (Å²) in [6.07, 6.45) is 5.10. The van der Waals surface area contributed by atoms with Gasteiger partial charge >= 0.3 is 0 Å². The molecule has 2 rings (SSSR count). The summed E-state index contributed by atoms with van der Waals surface area (Å²) in [4.78, 5) is 0. The molecule has 0 aromatic heterocycles. The molecule has 1 N–H and O–H groups in total. The van der Waals surface area contributed by atoms with Gasteiger partial charge in [0.25, 0.3) is 0 Å². The Morgan fingerprint density at radius 1 is 1.12 bits per heavy atom. The van der Waals surface area contributed by atoms with Crippen LogP contribution in [-0.2, 0) is 11.2 Å². The van der Waals surface area contributed by atoms with Crippen molar-refractivity contribution in [3.05, 3.63) is 35.9 Å². The topological polar surface area (TPSA) is 21.3 Å². The van der Waals surface area contributed by atoms with Crippen LogP contribution < -0.4 is 5.32 Å². The van der Waals surface area contributed by atoms with Crippen LogP contribution in [0.15, 0.2) is 30.3 Å². The summed E-state index contributed by atoms with van der Waals surface area (Å²) in [5, 5.41) is 3.35. The van der Waals surface area contributed by atoms with E-state index in [0.717, 1.165) is 32.5 Å². The number of aryl methyl sites for hydroxylation is 1. The molecule has 0 aliphatic carbocycles. The highest BCUT2D eigenvalue weighted by atomic mass is 35.5. The van der Waals surface area contributed by atoms with E-state index in [1.54, 1.807) is 0 Å². The number of benzene rings is 1. The van der Waals surface area contributed by atoms with Crippen LogP contribution in [0.2, 0.25) is 0 Å². The fourth-order valence-electron chi connectivity index (χ4n) is 2.13. The summed E-state index contributed by atoms with van der Waals surface area (Å²) in [6.45, 7) is 3.13. The molecule has 0 saturated carbocycles. The zero-order valence-electron chi connectivity index (χ0n) is 10.2. The Balaban J connectivity index is 0.00000144. The van der Waals surface area contributed by atoms with Crippen molar-refractivity contribution in [1.29, 1.82) is 0 Å². The quantitative estimate of drug-likeness (QED) is 0.817. The molecule has 0 bridgehead atoms. The van der Waals surface area contributed by atoms with E-state index in [1.807, 2.05) is 0 Å². The molecular weight excluding hydrogens is 234 g/mol. The predicted molar refractivity (Wildman–Crippen MR) is 73.9 cm³/mol. The van der Waals surface area contributed by atoms with Gasteiger partial charge in [-0.25, -0.2) is 0 Å². The molecule has 1 heterocycles. The lowest BCUT2D eigenvalue weighted by atomic mass is 10.1. The highest BCUT2D eigenvalue weighted by Crippen LogP contribution is 2.09. The average Bonchev–Trinajstić information content (AvgIpc) is 2.37. The summed E-state index contributed by atoms with van der Waals surface area (Å²) in [7, 11) is 0. The van der Waals surface area contributed by atoms with Crippen molar-refractivity contribution in [2.75, 3.05) is 19.7 Å². The van der Waals surface area contributed by atoms with E-state index in [4.69, 9.17) is 4.74 Å². The Kier molecular flexibility index (Phi) is 7.25. The van der Waals surface area contributed by atoms with E-state index < -0.39 is 0 Å². The minimum absolute atomic E-state index is 0. The maximum Gasteiger partial charge on any atom is 0.0599 e. The van der Waals surface area contributed by atoms with Gasteiger partial charge in [-0.3, -0.25) is 0 Å². The van der Waals surface area contributed by atoms with E-state index in [9.17, 15) is 0 Å². The molecule has 3 heteroatoms. The number of hydrogen-bond donors (Lipinski definition) is 1. The van der Waals surface area contributed by atoms with Gasteiger partial charge in [-0.05, 0) is 44.3 Å². The summed E-state index contributed by atoms with van der Waals surface area (Å²) >= 11 is 0. The Morgan fingerprint density at radius 2 is 1.82 bits per heavy atom. The lowest BCUT2D eigenvalue weighted by Crippen LogP contribution is -2.32. The van der Waals surface area contributed by atoms with Gasteiger partial charge in [0.15, 0.2) is 0 Å². The highest BCUT2D eigenvalue weighted by Gasteiger charge is 2.12. The van der Waals surface area contributed by atoms with E-state index in [1.165, 1.54) is 18.4 Å². The van der Waals surface area contributed by atoms with Gasteiger partial charge in [-0.15, -0.1) is 12.4 Å². The fraction of sp³-hybridized carbons (Fsp3) is 0.571. The van der Waals surface area contributed by atoms with Gasteiger partial charge in [-0.2, -0.15) is 0 Å². The molecule has 0 amide bonds. The number of ether oxygens (including phenoxy) is 1. The molecule has 2 nitrogen and oxygen atoms in total. The number of piperidine rings is 1. The molecule has 1 aromatic carbocycles. The van der Waals surface area contributed by atoms with Crippen LogP contribution in [0, 0.1) is 0 Å². The van der Waals surface area contributed by atoms with Crippen LogP contribution in [0.5, 0.6) is 0 Å². The Hall–Kier alpha value is -0.570. The normalized spacial score (nSPS) is 16.5. The molecule has 1 aliphatic rings. The summed E-state index contributed by atoms with van der Waals surface area (Å²) < 4.78 is 5.86. The van der Waals surface area contributed by atoms with Gasteiger partial charge in [-0.1, -0.05) is 30.3 Å². The Morgan fingerprint density at radius 3 is 2.53 bits per heavy atom. The van der Waals surface area contributed by atoms with Crippen molar-refractivity contribution in [3.8, 4) is 0 Å². The summed E-state index contributed by atoms with van der Waals surface area (Å²) in [5.41, 5.74) is 1.41. The largest absolute Gasteiger partial charge is 0.378 e. The third kappa shape index (κ3) is 5.53. The first-order valence-corrected chi connectivity index (χ1v) is 6.31. The first kappa shape index (κ1) is 14.5. The second-order valence-corrected chi connectivity index (χ2v) is 4.41. The van der Waals surface area contributed by atoms with Crippen molar-refractivity contribution >= 4 is 12.4 Å². The van der Waals surface area contributed by atoms with Crippen molar-refractivity contribution < 1.29 is 4.74 Å². The molecule has 0 spiro atoms. The number of nitrogens with one attached hydrogen (secondary N) is 1. The molecule has 1 aliphatic heterocycles. The van der Waals surface area contributed by atoms with Crippen LogP contribution in [0.1, 0.15) is 24.8 Å². The molecule has 0 unspecified atom stereocenters. The highest BCUT2D eigenvalue weighted by molar-refractivity contribution is 5.85. The van der Waals surface area contributed by atoms with Crippen LogP contribution >= 0.6 is 12.4 Å². The van der Waals surface area contributed by atoms with Crippen molar-refractivity contribution in [2.24, 2.45) is 0 Å². The minimum Gasteiger partial charge on any atom is -0.378 e. The van der Waals surface area contributed by atoms with Gasteiger partial charge in [0.1, 0.15) is 0 Å². The fourth-order valence-corrected chi connectivity index (χ4v) is 2.13. The lowest BCUT2D eigenvalue weighted by Gasteiger charge is -2.22. The van der Waals surface area contributed by atoms with Crippen LogP contribution in [-0.4, -0.2) is 25.8 Å². The summed E-state index contributed by atoms with van der Waals surface area (Å²) in [5.74, 6) is 0. The number of rotatable bonds is 5. The van der Waals surface area contributed by atoms with Crippen LogP contribution in [0.3, 0.4) is 0 Å². The van der Waals surface area contributed by atoms with Crippen molar-refractivity contribution in [3.63, 3.8) is 0 Å². The smallest absolute Gasteiger partial charge is 0.0599 e. The zero-order valence-corrected chi connectivity index (χ0v) is 11.0. The van der Waals surface area contributed by atoms with Crippen molar-refractivity contribution in [2.45, 2.75) is 31.8 Å². The first-order chi connectivity index (χ1) is 7.95. The van der Waals surface area contributed by atoms with Gasteiger partial charge in [0.2, 0.25) is 0 Å². The second kappa shape index (κ2) is 8.51. The predicted octanol–water partition coefficient (Wildman–Crippen LogP) is 2.81. The lowest BCUT2D eigenvalue weighted by molar-refractivity contribution is 0.0318. The van der Waals surface area contributed by atoms with Crippen molar-refractivity contribution in [1.82, 2.24) is 5.32 Å². The maximum absolute atomic E-state index is 5.86.